The summed E-state index contributed by atoms with van der Waals surface area (Å²) in [5, 5.41) is 5.64. The number of urea groups is 1. The molecule has 1 aromatic heterocycles. The summed E-state index contributed by atoms with van der Waals surface area (Å²) in [6.07, 6.45) is 1.26. The number of nitrogens with zero attached hydrogens (tertiary/aromatic N) is 2. The molecule has 1 aliphatic rings. The van der Waals surface area contributed by atoms with E-state index in [-0.39, 0.29) is 40.7 Å². The largest absolute Gasteiger partial charge is 0.489 e. The van der Waals surface area contributed by atoms with Gasteiger partial charge in [0, 0.05) is 38.5 Å². The Morgan fingerprint density at radius 1 is 1.28 bits per heavy atom. The molecule has 0 radical (unpaired) electrons. The number of carbonyl (C=O) groups is 2. The smallest absolute Gasteiger partial charge is 0.323 e. The van der Waals surface area contributed by atoms with Crippen LogP contribution in [0.15, 0.2) is 41.4 Å². The second-order valence-electron chi connectivity index (χ2n) is 6.40. The maximum absolute atomic E-state index is 13.0. The number of amides is 3. The van der Waals surface area contributed by atoms with Crippen molar-refractivity contribution >= 4 is 41.5 Å². The van der Waals surface area contributed by atoms with Gasteiger partial charge in [0.05, 0.1) is 5.02 Å². The van der Waals surface area contributed by atoms with Crippen molar-refractivity contribution in [2.75, 3.05) is 25.5 Å². The van der Waals surface area contributed by atoms with Gasteiger partial charge in [0.1, 0.15) is 34.8 Å². The van der Waals surface area contributed by atoms with E-state index in [1.165, 1.54) is 19.2 Å². The minimum absolute atomic E-state index is 0.00625. The van der Waals surface area contributed by atoms with Crippen LogP contribution >= 0.6 is 23.7 Å². The van der Waals surface area contributed by atoms with Crippen LogP contribution in [0.5, 0.6) is 5.75 Å². The van der Waals surface area contributed by atoms with Crippen LogP contribution < -0.4 is 15.4 Å². The van der Waals surface area contributed by atoms with Crippen LogP contribution in [0.25, 0.3) is 0 Å². The Balaban J connectivity index is 1.58. The number of benzene rings is 1. The monoisotopic (exact) mass is 438 g/mol. The van der Waals surface area contributed by atoms with Gasteiger partial charge in [-0.25, -0.2) is 9.78 Å². The van der Waals surface area contributed by atoms with Crippen molar-refractivity contribution < 1.29 is 18.2 Å². The van der Waals surface area contributed by atoms with Gasteiger partial charge in [-0.2, -0.15) is 3.89 Å². The molecule has 10 heteroatoms. The number of likely N-dealkylation sites (tertiary alicyclic amines) is 1. The lowest BCUT2D eigenvalue weighted by molar-refractivity contribution is 0.0962. The van der Waals surface area contributed by atoms with Crippen LogP contribution in [0, 0.1) is 0 Å². The summed E-state index contributed by atoms with van der Waals surface area (Å²) < 4.78 is 18.9. The highest BCUT2D eigenvalue weighted by atomic mass is 35.5. The van der Waals surface area contributed by atoms with Crippen molar-refractivity contribution in [1.29, 1.82) is 0 Å². The van der Waals surface area contributed by atoms with Crippen molar-refractivity contribution in [3.8, 4) is 5.75 Å². The minimum atomic E-state index is -0.393. The molecule has 1 aromatic carbocycles. The van der Waals surface area contributed by atoms with Crippen molar-refractivity contribution in [3.05, 3.63) is 47.0 Å². The van der Waals surface area contributed by atoms with Crippen molar-refractivity contribution in [2.45, 2.75) is 24.0 Å². The number of halogens is 2. The average Bonchev–Trinajstić information content (AvgIpc) is 2.75. The normalized spacial score (nSPS) is 14.4. The predicted octanol–water partition coefficient (Wildman–Crippen LogP) is 4.15. The van der Waals surface area contributed by atoms with Gasteiger partial charge in [0.15, 0.2) is 0 Å². The summed E-state index contributed by atoms with van der Waals surface area (Å²) >= 11 is 6.03. The van der Waals surface area contributed by atoms with E-state index in [0.29, 0.717) is 36.7 Å². The number of rotatable bonds is 5. The van der Waals surface area contributed by atoms with Crippen LogP contribution in [0.1, 0.15) is 23.2 Å². The fraction of sp³-hybridized carbons (Fsp3) is 0.316. The van der Waals surface area contributed by atoms with Crippen LogP contribution in [0.2, 0.25) is 5.02 Å². The number of nitrogens with one attached hydrogen (secondary N) is 2. The van der Waals surface area contributed by atoms with Gasteiger partial charge in [-0.15, -0.1) is 0 Å². The average molecular weight is 439 g/mol. The van der Waals surface area contributed by atoms with E-state index < -0.39 is 5.91 Å². The molecule has 3 rings (SSSR count). The van der Waals surface area contributed by atoms with E-state index in [9.17, 15) is 13.5 Å². The summed E-state index contributed by atoms with van der Waals surface area (Å²) in [7, 11) is 1.47. The summed E-state index contributed by atoms with van der Waals surface area (Å²) in [4.78, 5) is 30.0. The number of carbonyl (C=O) groups excluding carboxylic acids is 2. The second-order valence-corrected chi connectivity index (χ2v) is 7.38. The maximum atomic E-state index is 13.0. The highest BCUT2D eigenvalue weighted by molar-refractivity contribution is 7.94. The number of piperidine rings is 1. The van der Waals surface area contributed by atoms with Gasteiger partial charge in [0.2, 0.25) is 0 Å². The number of para-hydroxylation sites is 1. The van der Waals surface area contributed by atoms with E-state index >= 15 is 0 Å². The minimum Gasteiger partial charge on any atom is -0.489 e. The SMILES string of the molecule is CNC(=O)c1cc(NC(=O)N2CCC(Oc3ccccc3Cl)CC2)nc(SF)c1. The molecule has 2 N–H and O–H groups in total. The van der Waals surface area contributed by atoms with Gasteiger partial charge in [-0.3, -0.25) is 10.1 Å². The number of anilines is 1. The third-order valence-corrected chi connectivity index (χ3v) is 5.14. The van der Waals surface area contributed by atoms with Crippen LogP contribution in [-0.2, 0) is 0 Å². The number of hydrogen-bond donors (Lipinski definition) is 2. The predicted molar refractivity (Wildman–Crippen MR) is 110 cm³/mol. The number of aromatic nitrogens is 1. The lowest BCUT2D eigenvalue weighted by Gasteiger charge is -2.32. The molecule has 0 bridgehead atoms. The summed E-state index contributed by atoms with van der Waals surface area (Å²) in [6, 6.07) is 9.63. The summed E-state index contributed by atoms with van der Waals surface area (Å²) in [5.41, 5.74) is 0.213. The maximum Gasteiger partial charge on any atom is 0.323 e. The molecule has 154 valence electrons. The molecule has 29 heavy (non-hydrogen) atoms. The lowest BCUT2D eigenvalue weighted by Crippen LogP contribution is -2.43. The molecule has 3 amide bonds. The molecule has 0 aliphatic carbocycles. The van der Waals surface area contributed by atoms with Gasteiger partial charge >= 0.3 is 6.03 Å². The fourth-order valence-electron chi connectivity index (χ4n) is 2.97. The van der Waals surface area contributed by atoms with E-state index in [2.05, 4.69) is 15.6 Å². The second kappa shape index (κ2) is 9.80. The lowest BCUT2D eigenvalue weighted by atomic mass is 10.1. The molecule has 2 aromatic rings. The van der Waals surface area contributed by atoms with E-state index in [0.717, 1.165) is 0 Å². The molecule has 7 nitrogen and oxygen atoms in total. The van der Waals surface area contributed by atoms with E-state index in [1.807, 2.05) is 18.2 Å². The van der Waals surface area contributed by atoms with Crippen molar-refractivity contribution in [3.63, 3.8) is 0 Å². The summed E-state index contributed by atoms with van der Waals surface area (Å²) in [6.45, 7) is 0.974. The van der Waals surface area contributed by atoms with E-state index in [4.69, 9.17) is 16.3 Å². The fourth-order valence-corrected chi connectivity index (χ4v) is 3.45. The molecular formula is C19H20ClFN4O3S. The van der Waals surface area contributed by atoms with Gasteiger partial charge < -0.3 is 15.0 Å². The van der Waals surface area contributed by atoms with Crippen molar-refractivity contribution in [2.24, 2.45) is 0 Å². The Morgan fingerprint density at radius 3 is 2.66 bits per heavy atom. The van der Waals surface area contributed by atoms with Gasteiger partial charge in [-0.05, 0) is 24.3 Å². The van der Waals surface area contributed by atoms with Gasteiger partial charge in [-0.1, -0.05) is 23.7 Å². The molecule has 0 spiro atoms. The first-order chi connectivity index (χ1) is 14.0. The molecule has 2 heterocycles. The highest BCUT2D eigenvalue weighted by Crippen LogP contribution is 2.27. The standard InChI is InChI=1S/C19H20ClFN4O3S/c1-22-18(26)12-10-16(23-17(11-12)29-21)24-19(27)25-8-6-13(7-9-25)28-15-5-3-2-4-14(15)20/h2-5,10-11,13H,6-9H2,1H3,(H,22,26)(H,23,24,27). The zero-order valence-corrected chi connectivity index (χ0v) is 17.2. The zero-order chi connectivity index (χ0) is 20.8. The van der Waals surface area contributed by atoms with Gasteiger partial charge in [0.25, 0.3) is 5.91 Å². The molecule has 1 fully saturated rings. The van der Waals surface area contributed by atoms with Crippen LogP contribution in [-0.4, -0.2) is 48.1 Å². The third kappa shape index (κ3) is 5.51. The molecule has 0 saturated carbocycles. The Morgan fingerprint density at radius 2 is 2.00 bits per heavy atom. The number of hydrogen-bond acceptors (Lipinski definition) is 5. The quantitative estimate of drug-likeness (QED) is 0.732. The Hall–Kier alpha value is -2.52. The molecule has 1 saturated heterocycles. The third-order valence-electron chi connectivity index (χ3n) is 4.46. The Labute approximate surface area is 177 Å². The molecular weight excluding hydrogens is 419 g/mol. The topological polar surface area (TPSA) is 83.6 Å². The first-order valence-corrected chi connectivity index (χ1v) is 10.1. The van der Waals surface area contributed by atoms with E-state index in [1.54, 1.807) is 11.0 Å². The van der Waals surface area contributed by atoms with Crippen LogP contribution in [0.3, 0.4) is 0 Å². The summed E-state index contributed by atoms with van der Waals surface area (Å²) in [5.74, 6) is 0.352. The van der Waals surface area contributed by atoms with Crippen LogP contribution in [0.4, 0.5) is 14.5 Å². The number of pyridine rings is 1. The highest BCUT2D eigenvalue weighted by Gasteiger charge is 2.25. The number of ether oxygens (including phenoxy) is 1. The molecule has 1 aliphatic heterocycles. The Kier molecular flexibility index (Phi) is 7.16. The first-order valence-electron chi connectivity index (χ1n) is 9.00. The molecule has 0 unspecified atom stereocenters. The zero-order valence-electron chi connectivity index (χ0n) is 15.7. The molecule has 0 atom stereocenters. The first kappa shape index (κ1) is 21.2. The van der Waals surface area contributed by atoms with Crippen molar-refractivity contribution in [1.82, 2.24) is 15.2 Å². The Bertz CT molecular complexity index is 894.